The molecule has 0 saturated heterocycles. The summed E-state index contributed by atoms with van der Waals surface area (Å²) in [6.45, 7) is 2.42. The minimum atomic E-state index is -0.358. The molecule has 1 heterocycles. The Morgan fingerprint density at radius 2 is 1.46 bits per heavy atom. The molecule has 0 spiro atoms. The van der Waals surface area contributed by atoms with E-state index in [0.29, 0.717) is 28.2 Å². The maximum Gasteiger partial charge on any atom is 0.336 e. The number of aryl methyl sites for hydroxylation is 1. The summed E-state index contributed by atoms with van der Waals surface area (Å²) in [5, 5.41) is 1.15. The van der Waals surface area contributed by atoms with Gasteiger partial charge in [-0.1, -0.05) is 54.9 Å². The van der Waals surface area contributed by atoms with Gasteiger partial charge < -0.3 is 0 Å². The molecule has 4 nitrogen and oxygen atoms in total. The van der Waals surface area contributed by atoms with Gasteiger partial charge in [0.25, 0.3) is 5.56 Å². The van der Waals surface area contributed by atoms with Crippen LogP contribution >= 0.6 is 11.6 Å². The number of nitrogens with zero attached hydrogens (tertiary/aromatic N) is 2. The molecule has 4 rings (SSSR count). The van der Waals surface area contributed by atoms with E-state index in [4.69, 9.17) is 11.6 Å². The van der Waals surface area contributed by atoms with Gasteiger partial charge in [-0.15, -0.1) is 0 Å². The lowest BCUT2D eigenvalue weighted by molar-refractivity contribution is 0.714. The van der Waals surface area contributed by atoms with Gasteiger partial charge in [0.05, 0.1) is 23.1 Å². The van der Waals surface area contributed by atoms with Crippen LogP contribution in [0, 0.1) is 0 Å². The SMILES string of the molecule is CCc1ccc(-n2c(=O)c3ccccc3n(Cc3ccc(Cl)cc3)c2=O)cc1. The smallest absolute Gasteiger partial charge is 0.288 e. The molecule has 0 saturated carbocycles. The average molecular weight is 391 g/mol. The van der Waals surface area contributed by atoms with Crippen molar-refractivity contribution >= 4 is 22.5 Å². The van der Waals surface area contributed by atoms with Gasteiger partial charge in [-0.05, 0) is 53.9 Å². The van der Waals surface area contributed by atoms with E-state index >= 15 is 0 Å². The van der Waals surface area contributed by atoms with Crippen LogP contribution in [0.15, 0.2) is 82.4 Å². The predicted molar refractivity (Wildman–Crippen MR) is 114 cm³/mol. The van der Waals surface area contributed by atoms with Crippen LogP contribution in [0.25, 0.3) is 16.6 Å². The maximum atomic E-state index is 13.3. The molecule has 0 aliphatic carbocycles. The van der Waals surface area contributed by atoms with Crippen molar-refractivity contribution in [3.63, 3.8) is 0 Å². The number of aromatic nitrogens is 2. The third-order valence-corrected chi connectivity index (χ3v) is 5.16. The second kappa shape index (κ2) is 7.49. The predicted octanol–water partition coefficient (Wildman–Crippen LogP) is 4.42. The van der Waals surface area contributed by atoms with Crippen molar-refractivity contribution in [1.82, 2.24) is 9.13 Å². The number of benzene rings is 3. The quantitative estimate of drug-likeness (QED) is 0.518. The van der Waals surface area contributed by atoms with Crippen molar-refractivity contribution in [2.45, 2.75) is 19.9 Å². The average Bonchev–Trinajstić information content (AvgIpc) is 2.73. The highest BCUT2D eigenvalue weighted by molar-refractivity contribution is 6.30. The largest absolute Gasteiger partial charge is 0.336 e. The molecule has 0 unspecified atom stereocenters. The van der Waals surface area contributed by atoms with Crippen LogP contribution in [0.4, 0.5) is 0 Å². The third-order valence-electron chi connectivity index (χ3n) is 4.91. The summed E-state index contributed by atoms with van der Waals surface area (Å²) >= 11 is 5.98. The lowest BCUT2D eigenvalue weighted by atomic mass is 10.1. The lowest BCUT2D eigenvalue weighted by Crippen LogP contribution is -2.39. The number of hydrogen-bond acceptors (Lipinski definition) is 2. The summed E-state index contributed by atoms with van der Waals surface area (Å²) in [4.78, 5) is 26.4. The van der Waals surface area contributed by atoms with E-state index < -0.39 is 0 Å². The lowest BCUT2D eigenvalue weighted by Gasteiger charge is -2.14. The van der Waals surface area contributed by atoms with E-state index in [0.717, 1.165) is 17.5 Å². The Labute approximate surface area is 167 Å². The highest BCUT2D eigenvalue weighted by atomic mass is 35.5. The van der Waals surface area contributed by atoms with E-state index in [2.05, 4.69) is 6.92 Å². The Morgan fingerprint density at radius 1 is 0.821 bits per heavy atom. The fourth-order valence-corrected chi connectivity index (χ4v) is 3.48. The Hall–Kier alpha value is -3.11. The van der Waals surface area contributed by atoms with E-state index in [1.165, 1.54) is 4.57 Å². The van der Waals surface area contributed by atoms with Crippen molar-refractivity contribution in [2.75, 3.05) is 0 Å². The van der Waals surface area contributed by atoms with Gasteiger partial charge in [-0.2, -0.15) is 0 Å². The minimum absolute atomic E-state index is 0.308. The summed E-state index contributed by atoms with van der Waals surface area (Å²) < 4.78 is 2.88. The van der Waals surface area contributed by atoms with Gasteiger partial charge in [0.1, 0.15) is 0 Å². The maximum absolute atomic E-state index is 13.3. The van der Waals surface area contributed by atoms with Crippen LogP contribution in [0.1, 0.15) is 18.1 Å². The molecule has 0 aliphatic rings. The zero-order valence-electron chi connectivity index (χ0n) is 15.4. The molecule has 0 radical (unpaired) electrons. The van der Waals surface area contributed by atoms with Crippen LogP contribution in [-0.4, -0.2) is 9.13 Å². The van der Waals surface area contributed by atoms with Crippen LogP contribution in [0.5, 0.6) is 0 Å². The van der Waals surface area contributed by atoms with E-state index in [1.807, 2.05) is 48.5 Å². The van der Waals surface area contributed by atoms with Gasteiger partial charge in [-0.3, -0.25) is 9.36 Å². The van der Waals surface area contributed by atoms with Crippen molar-refractivity contribution in [3.05, 3.63) is 110 Å². The third kappa shape index (κ3) is 3.27. The van der Waals surface area contributed by atoms with Crippen molar-refractivity contribution < 1.29 is 0 Å². The number of rotatable bonds is 4. The van der Waals surface area contributed by atoms with Crippen LogP contribution in [0.2, 0.25) is 5.02 Å². The second-order valence-electron chi connectivity index (χ2n) is 6.67. The molecule has 0 N–H and O–H groups in total. The van der Waals surface area contributed by atoms with Crippen molar-refractivity contribution in [2.24, 2.45) is 0 Å². The summed E-state index contributed by atoms with van der Waals surface area (Å²) in [5.41, 5.74) is 2.61. The first-order chi connectivity index (χ1) is 13.6. The fraction of sp³-hybridized carbons (Fsp3) is 0.130. The molecule has 0 aliphatic heterocycles. The topological polar surface area (TPSA) is 44.0 Å². The van der Waals surface area contributed by atoms with E-state index in [9.17, 15) is 9.59 Å². The van der Waals surface area contributed by atoms with Crippen LogP contribution in [-0.2, 0) is 13.0 Å². The molecule has 28 heavy (non-hydrogen) atoms. The molecule has 0 atom stereocenters. The summed E-state index contributed by atoms with van der Waals surface area (Å²) in [6, 6.07) is 22.1. The van der Waals surface area contributed by atoms with Crippen LogP contribution < -0.4 is 11.2 Å². The molecule has 140 valence electrons. The molecule has 1 aromatic heterocycles. The van der Waals surface area contributed by atoms with Crippen molar-refractivity contribution in [3.8, 4) is 5.69 Å². The van der Waals surface area contributed by atoms with E-state index in [-0.39, 0.29) is 11.2 Å². The first kappa shape index (κ1) is 18.3. The summed E-state index contributed by atoms with van der Waals surface area (Å²) in [6.07, 6.45) is 0.897. The molecule has 3 aromatic carbocycles. The Balaban J connectivity index is 1.96. The number of fused-ring (bicyclic) bond motifs is 1. The van der Waals surface area contributed by atoms with Gasteiger partial charge >= 0.3 is 5.69 Å². The molecular weight excluding hydrogens is 372 g/mol. The van der Waals surface area contributed by atoms with E-state index in [1.54, 1.807) is 28.8 Å². The molecule has 0 fully saturated rings. The van der Waals surface area contributed by atoms with Gasteiger partial charge in [-0.25, -0.2) is 9.36 Å². The first-order valence-electron chi connectivity index (χ1n) is 9.17. The van der Waals surface area contributed by atoms with Crippen LogP contribution in [0.3, 0.4) is 0 Å². The molecule has 0 amide bonds. The molecule has 5 heteroatoms. The normalized spacial score (nSPS) is 11.1. The van der Waals surface area contributed by atoms with Gasteiger partial charge in [0.2, 0.25) is 0 Å². The standard InChI is InChI=1S/C23H19ClN2O2/c1-2-16-9-13-19(14-10-16)26-22(27)20-5-3-4-6-21(20)25(23(26)28)15-17-7-11-18(24)12-8-17/h3-14H,2,15H2,1H3. The number of para-hydroxylation sites is 1. The van der Waals surface area contributed by atoms with Gasteiger partial charge in [0, 0.05) is 5.02 Å². The fourth-order valence-electron chi connectivity index (χ4n) is 3.35. The summed E-state index contributed by atoms with van der Waals surface area (Å²) in [5.74, 6) is 0. The first-order valence-corrected chi connectivity index (χ1v) is 9.54. The van der Waals surface area contributed by atoms with Crippen molar-refractivity contribution in [1.29, 1.82) is 0 Å². The minimum Gasteiger partial charge on any atom is -0.288 e. The Morgan fingerprint density at radius 3 is 2.14 bits per heavy atom. The Kier molecular flexibility index (Phi) is 4.88. The van der Waals surface area contributed by atoms with Gasteiger partial charge in [0.15, 0.2) is 0 Å². The second-order valence-corrected chi connectivity index (χ2v) is 7.11. The molecular formula is C23H19ClN2O2. The Bertz CT molecular complexity index is 1250. The zero-order chi connectivity index (χ0) is 19.7. The highest BCUT2D eigenvalue weighted by Gasteiger charge is 2.14. The zero-order valence-corrected chi connectivity index (χ0v) is 16.2. The monoisotopic (exact) mass is 390 g/mol. The highest BCUT2D eigenvalue weighted by Crippen LogP contribution is 2.15. The molecule has 0 bridgehead atoms. The summed E-state index contributed by atoms with van der Waals surface area (Å²) in [7, 11) is 0. The number of halogens is 1. The molecule has 4 aromatic rings. The number of hydrogen-bond donors (Lipinski definition) is 0.